The van der Waals surface area contributed by atoms with Gasteiger partial charge in [-0.2, -0.15) is 0 Å². The normalized spacial score (nSPS) is 14.8. The SMILES string of the molecule is COC(=O)c1c(S(=O)(=O)Nc2ccccc2)sc2c1CCN(CC(C)C)C2. The van der Waals surface area contributed by atoms with Gasteiger partial charge in [0, 0.05) is 30.2 Å². The van der Waals surface area contributed by atoms with Crippen molar-refractivity contribution in [3.63, 3.8) is 0 Å². The third-order valence-corrected chi connectivity index (χ3v) is 7.50. The van der Waals surface area contributed by atoms with Crippen LogP contribution in [0.4, 0.5) is 5.69 Å². The standard InChI is InChI=1S/C19H24N2O4S2/c1-13(2)11-21-10-9-15-16(12-21)26-19(17(15)18(22)25-3)27(23,24)20-14-7-5-4-6-8-14/h4-8,13,20H,9-12H2,1-3H3. The maximum atomic E-state index is 13.0. The van der Waals surface area contributed by atoms with Gasteiger partial charge in [-0.3, -0.25) is 9.62 Å². The van der Waals surface area contributed by atoms with E-state index in [1.165, 1.54) is 18.4 Å². The van der Waals surface area contributed by atoms with Crippen LogP contribution in [-0.4, -0.2) is 39.5 Å². The van der Waals surface area contributed by atoms with Crippen LogP contribution in [0.25, 0.3) is 0 Å². The number of hydrogen-bond donors (Lipinski definition) is 1. The summed E-state index contributed by atoms with van der Waals surface area (Å²) < 4.78 is 33.5. The summed E-state index contributed by atoms with van der Waals surface area (Å²) in [5.74, 6) is -0.0761. The summed E-state index contributed by atoms with van der Waals surface area (Å²) in [5, 5.41) is 0. The van der Waals surface area contributed by atoms with Crippen molar-refractivity contribution < 1.29 is 17.9 Å². The van der Waals surface area contributed by atoms with Crippen LogP contribution in [-0.2, 0) is 27.7 Å². The Bertz CT molecular complexity index is 921. The highest BCUT2D eigenvalue weighted by molar-refractivity contribution is 7.94. The molecule has 0 bridgehead atoms. The number of thiophene rings is 1. The van der Waals surface area contributed by atoms with Gasteiger partial charge in [0.05, 0.1) is 12.7 Å². The van der Waals surface area contributed by atoms with Crippen LogP contribution < -0.4 is 4.72 Å². The quantitative estimate of drug-likeness (QED) is 0.742. The first-order valence-corrected chi connectivity index (χ1v) is 11.1. The molecule has 2 heterocycles. The van der Waals surface area contributed by atoms with E-state index in [0.29, 0.717) is 24.6 Å². The van der Waals surface area contributed by atoms with Gasteiger partial charge in [0.25, 0.3) is 10.0 Å². The molecule has 0 atom stereocenters. The molecule has 1 aromatic heterocycles. The lowest BCUT2D eigenvalue weighted by molar-refractivity contribution is 0.0595. The Kier molecular flexibility index (Phi) is 5.88. The second-order valence-corrected chi connectivity index (χ2v) is 9.99. The number of anilines is 1. The summed E-state index contributed by atoms with van der Waals surface area (Å²) in [5.41, 5.74) is 1.45. The van der Waals surface area contributed by atoms with E-state index in [1.807, 2.05) is 6.07 Å². The third-order valence-electron chi connectivity index (χ3n) is 4.39. The lowest BCUT2D eigenvalue weighted by Crippen LogP contribution is -2.33. The maximum absolute atomic E-state index is 13.0. The van der Waals surface area contributed by atoms with Gasteiger partial charge in [-0.25, -0.2) is 13.2 Å². The van der Waals surface area contributed by atoms with Crippen molar-refractivity contribution in [2.75, 3.05) is 24.9 Å². The summed E-state index contributed by atoms with van der Waals surface area (Å²) in [4.78, 5) is 15.6. The molecule has 1 aliphatic heterocycles. The van der Waals surface area contributed by atoms with Crippen molar-refractivity contribution in [1.29, 1.82) is 0 Å². The fourth-order valence-corrected chi connectivity index (χ4v) is 6.30. The number of nitrogens with zero attached hydrogens (tertiary/aromatic N) is 1. The molecule has 1 N–H and O–H groups in total. The molecule has 0 amide bonds. The van der Waals surface area contributed by atoms with Gasteiger partial charge in [0.2, 0.25) is 0 Å². The predicted octanol–water partition coefficient (Wildman–Crippen LogP) is 3.35. The van der Waals surface area contributed by atoms with Crippen LogP contribution in [0.2, 0.25) is 0 Å². The Labute approximate surface area is 164 Å². The summed E-state index contributed by atoms with van der Waals surface area (Å²) in [7, 11) is -2.61. The molecule has 0 unspecified atom stereocenters. The highest BCUT2D eigenvalue weighted by Crippen LogP contribution is 2.37. The second kappa shape index (κ2) is 8.00. The van der Waals surface area contributed by atoms with E-state index in [0.717, 1.165) is 23.5 Å². The lowest BCUT2D eigenvalue weighted by Gasteiger charge is -2.28. The molecule has 8 heteroatoms. The van der Waals surface area contributed by atoms with Crippen LogP contribution in [0, 0.1) is 5.92 Å². The Hall–Kier alpha value is -1.90. The largest absolute Gasteiger partial charge is 0.465 e. The van der Waals surface area contributed by atoms with Gasteiger partial charge < -0.3 is 4.74 Å². The van der Waals surface area contributed by atoms with Crippen LogP contribution >= 0.6 is 11.3 Å². The molecule has 0 fully saturated rings. The molecular formula is C19H24N2O4S2. The minimum absolute atomic E-state index is 0.0367. The molecule has 6 nitrogen and oxygen atoms in total. The van der Waals surface area contributed by atoms with E-state index in [9.17, 15) is 13.2 Å². The van der Waals surface area contributed by atoms with Gasteiger partial charge in [0.15, 0.2) is 4.21 Å². The molecular weight excluding hydrogens is 384 g/mol. The van der Waals surface area contributed by atoms with Crippen molar-refractivity contribution >= 4 is 33.0 Å². The monoisotopic (exact) mass is 408 g/mol. The van der Waals surface area contributed by atoms with Gasteiger partial charge in [-0.1, -0.05) is 32.0 Å². The van der Waals surface area contributed by atoms with E-state index in [1.54, 1.807) is 24.3 Å². The number of esters is 1. The number of nitrogens with one attached hydrogen (secondary N) is 1. The molecule has 0 saturated heterocycles. The highest BCUT2D eigenvalue weighted by atomic mass is 32.2. The van der Waals surface area contributed by atoms with Gasteiger partial charge >= 0.3 is 5.97 Å². The summed E-state index contributed by atoms with van der Waals surface area (Å²) in [6, 6.07) is 8.66. The first kappa shape index (κ1) is 19.9. The van der Waals surface area contributed by atoms with Crippen LogP contribution in [0.5, 0.6) is 0 Å². The molecule has 3 rings (SSSR count). The summed E-state index contributed by atoms with van der Waals surface area (Å²) in [6.45, 7) is 6.71. The number of benzene rings is 1. The van der Waals surface area contributed by atoms with E-state index in [-0.39, 0.29) is 9.77 Å². The van der Waals surface area contributed by atoms with Gasteiger partial charge in [0.1, 0.15) is 0 Å². The number of ether oxygens (including phenoxy) is 1. The van der Waals surface area contributed by atoms with E-state index in [2.05, 4.69) is 23.5 Å². The Morgan fingerprint density at radius 1 is 1.30 bits per heavy atom. The number of hydrogen-bond acceptors (Lipinski definition) is 6. The van der Waals surface area contributed by atoms with Crippen LogP contribution in [0.15, 0.2) is 34.5 Å². The molecule has 1 aromatic carbocycles. The van der Waals surface area contributed by atoms with Gasteiger partial charge in [-0.05, 0) is 30.0 Å². The van der Waals surface area contributed by atoms with Crippen LogP contribution in [0.1, 0.15) is 34.6 Å². The number of sulfonamides is 1. The molecule has 0 aliphatic carbocycles. The molecule has 0 radical (unpaired) electrons. The molecule has 1 aliphatic rings. The van der Waals surface area contributed by atoms with Crippen molar-refractivity contribution in [2.24, 2.45) is 5.92 Å². The number of methoxy groups -OCH3 is 1. The van der Waals surface area contributed by atoms with Crippen molar-refractivity contribution in [1.82, 2.24) is 4.90 Å². The molecule has 2 aromatic rings. The Morgan fingerprint density at radius 2 is 2.00 bits per heavy atom. The smallest absolute Gasteiger partial charge is 0.340 e. The minimum Gasteiger partial charge on any atom is -0.465 e. The van der Waals surface area contributed by atoms with E-state index in [4.69, 9.17) is 4.74 Å². The first-order chi connectivity index (χ1) is 12.8. The number of carbonyl (C=O) groups is 1. The number of fused-ring (bicyclic) bond motifs is 1. The highest BCUT2D eigenvalue weighted by Gasteiger charge is 2.34. The fraction of sp³-hybridized carbons (Fsp3) is 0.421. The number of carbonyl (C=O) groups excluding carboxylic acids is 1. The molecule has 0 saturated carbocycles. The lowest BCUT2D eigenvalue weighted by atomic mass is 10.0. The zero-order valence-corrected chi connectivity index (χ0v) is 17.3. The topological polar surface area (TPSA) is 75.7 Å². The average molecular weight is 409 g/mol. The first-order valence-electron chi connectivity index (χ1n) is 8.85. The summed E-state index contributed by atoms with van der Waals surface area (Å²) in [6.07, 6.45) is 0.643. The molecule has 0 spiro atoms. The fourth-order valence-electron chi connectivity index (χ4n) is 3.31. The summed E-state index contributed by atoms with van der Waals surface area (Å²) >= 11 is 1.17. The van der Waals surface area contributed by atoms with E-state index >= 15 is 0 Å². The Balaban J connectivity index is 2.00. The predicted molar refractivity (Wildman–Crippen MR) is 107 cm³/mol. The Morgan fingerprint density at radius 3 is 2.63 bits per heavy atom. The van der Waals surface area contributed by atoms with E-state index < -0.39 is 16.0 Å². The van der Waals surface area contributed by atoms with Crippen molar-refractivity contribution in [2.45, 2.75) is 31.0 Å². The second-order valence-electron chi connectivity index (χ2n) is 7.01. The van der Waals surface area contributed by atoms with Crippen molar-refractivity contribution in [3.05, 3.63) is 46.3 Å². The average Bonchev–Trinajstić information content (AvgIpc) is 3.00. The molecule has 27 heavy (non-hydrogen) atoms. The zero-order chi connectivity index (χ0) is 19.6. The number of para-hydroxylation sites is 1. The third kappa shape index (κ3) is 4.34. The van der Waals surface area contributed by atoms with Crippen LogP contribution in [0.3, 0.4) is 0 Å². The number of rotatable bonds is 6. The molecule has 146 valence electrons. The zero-order valence-electron chi connectivity index (χ0n) is 15.7. The minimum atomic E-state index is -3.88. The maximum Gasteiger partial charge on any atom is 0.340 e. The van der Waals surface area contributed by atoms with Gasteiger partial charge in [-0.15, -0.1) is 11.3 Å². The van der Waals surface area contributed by atoms with Crippen molar-refractivity contribution in [3.8, 4) is 0 Å².